The Kier molecular flexibility index (Phi) is 4.45. The zero-order valence-corrected chi connectivity index (χ0v) is 13.1. The number of primary amides is 1. The lowest BCUT2D eigenvalue weighted by molar-refractivity contribution is 0.0995. The zero-order valence-electron chi connectivity index (χ0n) is 13.1. The Balaban J connectivity index is 1.72. The fourth-order valence-corrected chi connectivity index (χ4v) is 3.07. The summed E-state index contributed by atoms with van der Waals surface area (Å²) in [6.45, 7) is 3.71. The van der Waals surface area contributed by atoms with Crippen molar-refractivity contribution in [1.29, 1.82) is 0 Å². The molecule has 23 heavy (non-hydrogen) atoms. The van der Waals surface area contributed by atoms with E-state index in [2.05, 4.69) is 24.8 Å². The summed E-state index contributed by atoms with van der Waals surface area (Å²) in [7, 11) is 0. The van der Waals surface area contributed by atoms with E-state index in [9.17, 15) is 4.79 Å². The van der Waals surface area contributed by atoms with Crippen molar-refractivity contribution < 1.29 is 4.79 Å². The van der Waals surface area contributed by atoms with Gasteiger partial charge in [0, 0.05) is 25.0 Å². The van der Waals surface area contributed by atoms with Gasteiger partial charge in [-0.3, -0.25) is 4.79 Å². The molecule has 1 amide bonds. The van der Waals surface area contributed by atoms with Crippen LogP contribution in [0.4, 0.5) is 5.82 Å². The second kappa shape index (κ2) is 6.68. The van der Waals surface area contributed by atoms with Crippen molar-refractivity contribution in [3.8, 4) is 0 Å². The topological polar surface area (TPSA) is 97.9 Å². The molecule has 2 aromatic heterocycles. The second-order valence-electron chi connectivity index (χ2n) is 5.88. The van der Waals surface area contributed by atoms with E-state index in [1.54, 1.807) is 25.5 Å². The van der Waals surface area contributed by atoms with Crippen LogP contribution in [-0.4, -0.2) is 38.9 Å². The summed E-state index contributed by atoms with van der Waals surface area (Å²) in [5.41, 5.74) is 6.49. The van der Waals surface area contributed by atoms with Crippen molar-refractivity contribution in [2.24, 2.45) is 11.7 Å². The largest absolute Gasteiger partial charge is 0.364 e. The smallest absolute Gasteiger partial charge is 0.267 e. The van der Waals surface area contributed by atoms with Gasteiger partial charge in [0.25, 0.3) is 5.91 Å². The third kappa shape index (κ3) is 3.80. The normalized spacial score (nSPS) is 18.0. The van der Waals surface area contributed by atoms with E-state index in [1.165, 1.54) is 0 Å². The van der Waals surface area contributed by atoms with Crippen LogP contribution in [0.2, 0.25) is 0 Å². The number of carbonyl (C=O) groups excluding carboxylic acids is 1. The Labute approximate surface area is 135 Å². The lowest BCUT2D eigenvalue weighted by Crippen LogP contribution is -2.37. The summed E-state index contributed by atoms with van der Waals surface area (Å²) >= 11 is 0. The van der Waals surface area contributed by atoms with Crippen LogP contribution in [0, 0.1) is 12.8 Å². The van der Waals surface area contributed by atoms with Crippen molar-refractivity contribution in [3.05, 3.63) is 41.9 Å². The fraction of sp³-hybridized carbons (Fsp3) is 0.438. The van der Waals surface area contributed by atoms with Crippen LogP contribution in [0.1, 0.15) is 34.8 Å². The van der Waals surface area contributed by atoms with E-state index in [-0.39, 0.29) is 5.69 Å². The average Bonchev–Trinajstić information content (AvgIpc) is 2.55. The van der Waals surface area contributed by atoms with Gasteiger partial charge in [-0.05, 0) is 44.2 Å². The number of piperidine rings is 1. The lowest BCUT2D eigenvalue weighted by Gasteiger charge is -2.33. The quantitative estimate of drug-likeness (QED) is 0.909. The fourth-order valence-electron chi connectivity index (χ4n) is 3.07. The molecule has 1 saturated heterocycles. The van der Waals surface area contributed by atoms with Crippen molar-refractivity contribution in [2.45, 2.75) is 26.2 Å². The maximum atomic E-state index is 11.3. The predicted octanol–water partition coefficient (Wildman–Crippen LogP) is 1.13. The van der Waals surface area contributed by atoms with Gasteiger partial charge in [0.05, 0.1) is 0 Å². The third-order valence-corrected chi connectivity index (χ3v) is 4.05. The molecule has 1 aliphatic rings. The maximum Gasteiger partial charge on any atom is 0.267 e. The van der Waals surface area contributed by atoms with Crippen LogP contribution in [-0.2, 0) is 6.42 Å². The number of hydrogen-bond acceptors (Lipinski definition) is 6. The van der Waals surface area contributed by atoms with E-state index in [0.29, 0.717) is 11.7 Å². The number of aryl methyl sites for hydroxylation is 1. The van der Waals surface area contributed by atoms with Crippen LogP contribution < -0.4 is 10.6 Å². The highest BCUT2D eigenvalue weighted by Crippen LogP contribution is 2.23. The van der Waals surface area contributed by atoms with Gasteiger partial charge in [0.1, 0.15) is 23.7 Å². The SMILES string of the molecule is Cc1nc(C[C@@H]2CCCN(c3ccncn3)C2)cc(C(N)=O)n1. The standard InChI is InChI=1S/C16H20N6O/c1-11-20-13(8-14(21-11)16(17)23)7-12-3-2-6-22(9-12)15-4-5-18-10-19-15/h4-5,8,10,12H,2-3,6-7,9H2,1H3,(H2,17,23)/t12-/m0/s1. The highest BCUT2D eigenvalue weighted by molar-refractivity contribution is 5.90. The first-order chi connectivity index (χ1) is 11.1. The first-order valence-corrected chi connectivity index (χ1v) is 7.77. The Bertz CT molecular complexity index is 690. The number of rotatable bonds is 4. The number of nitrogens with two attached hydrogens (primary N) is 1. The van der Waals surface area contributed by atoms with Crippen molar-refractivity contribution >= 4 is 11.7 Å². The number of carbonyl (C=O) groups is 1. The first kappa shape index (κ1) is 15.3. The Morgan fingerprint density at radius 3 is 3.04 bits per heavy atom. The van der Waals surface area contributed by atoms with Crippen molar-refractivity contribution in [1.82, 2.24) is 19.9 Å². The van der Waals surface area contributed by atoms with Gasteiger partial charge in [-0.1, -0.05) is 0 Å². The van der Waals surface area contributed by atoms with Crippen LogP contribution in [0.25, 0.3) is 0 Å². The predicted molar refractivity (Wildman–Crippen MR) is 86.0 cm³/mol. The molecule has 0 saturated carbocycles. The average molecular weight is 312 g/mol. The second-order valence-corrected chi connectivity index (χ2v) is 5.88. The monoisotopic (exact) mass is 312 g/mol. The van der Waals surface area contributed by atoms with E-state index in [0.717, 1.165) is 43.9 Å². The molecule has 7 heteroatoms. The molecule has 0 unspecified atom stereocenters. The van der Waals surface area contributed by atoms with E-state index in [1.807, 2.05) is 6.07 Å². The van der Waals surface area contributed by atoms with Crippen LogP contribution >= 0.6 is 0 Å². The molecule has 2 aromatic rings. The van der Waals surface area contributed by atoms with Gasteiger partial charge >= 0.3 is 0 Å². The van der Waals surface area contributed by atoms with Gasteiger partial charge in [-0.15, -0.1) is 0 Å². The summed E-state index contributed by atoms with van der Waals surface area (Å²) in [5, 5.41) is 0. The molecule has 3 heterocycles. The summed E-state index contributed by atoms with van der Waals surface area (Å²) in [5.74, 6) is 1.50. The molecule has 0 aromatic carbocycles. The maximum absolute atomic E-state index is 11.3. The summed E-state index contributed by atoms with van der Waals surface area (Å²) in [6.07, 6.45) is 6.40. The lowest BCUT2D eigenvalue weighted by atomic mass is 9.93. The third-order valence-electron chi connectivity index (χ3n) is 4.05. The molecule has 0 radical (unpaired) electrons. The minimum absolute atomic E-state index is 0.288. The van der Waals surface area contributed by atoms with E-state index >= 15 is 0 Å². The van der Waals surface area contributed by atoms with Gasteiger partial charge in [-0.2, -0.15) is 0 Å². The van der Waals surface area contributed by atoms with Crippen molar-refractivity contribution in [2.75, 3.05) is 18.0 Å². The number of amides is 1. The molecular weight excluding hydrogens is 292 g/mol. The molecule has 0 spiro atoms. The van der Waals surface area contributed by atoms with Gasteiger partial charge in [0.2, 0.25) is 0 Å². The van der Waals surface area contributed by atoms with Crippen LogP contribution in [0.5, 0.6) is 0 Å². The Morgan fingerprint density at radius 2 is 2.30 bits per heavy atom. The van der Waals surface area contributed by atoms with E-state index < -0.39 is 5.91 Å². The number of anilines is 1. The molecule has 3 rings (SSSR count). The van der Waals surface area contributed by atoms with Crippen molar-refractivity contribution in [3.63, 3.8) is 0 Å². The molecule has 0 aliphatic carbocycles. The first-order valence-electron chi connectivity index (χ1n) is 7.77. The van der Waals surface area contributed by atoms with Crippen LogP contribution in [0.3, 0.4) is 0 Å². The van der Waals surface area contributed by atoms with Crippen LogP contribution in [0.15, 0.2) is 24.7 Å². The number of hydrogen-bond donors (Lipinski definition) is 1. The Hall–Kier alpha value is -2.57. The molecule has 2 N–H and O–H groups in total. The minimum Gasteiger partial charge on any atom is -0.364 e. The highest BCUT2D eigenvalue weighted by Gasteiger charge is 2.22. The Morgan fingerprint density at radius 1 is 1.43 bits per heavy atom. The van der Waals surface area contributed by atoms with Gasteiger partial charge < -0.3 is 10.6 Å². The molecule has 0 bridgehead atoms. The van der Waals surface area contributed by atoms with Gasteiger partial charge in [-0.25, -0.2) is 19.9 Å². The molecule has 1 atom stereocenters. The molecule has 120 valence electrons. The zero-order chi connectivity index (χ0) is 16.2. The molecule has 7 nitrogen and oxygen atoms in total. The molecule has 1 fully saturated rings. The molecular formula is C16H20N6O. The highest BCUT2D eigenvalue weighted by atomic mass is 16.1. The van der Waals surface area contributed by atoms with Gasteiger partial charge in [0.15, 0.2) is 0 Å². The minimum atomic E-state index is -0.511. The van der Waals surface area contributed by atoms with E-state index in [4.69, 9.17) is 5.73 Å². The summed E-state index contributed by atoms with van der Waals surface area (Å²) < 4.78 is 0. The summed E-state index contributed by atoms with van der Waals surface area (Å²) in [4.78, 5) is 30.4. The summed E-state index contributed by atoms with van der Waals surface area (Å²) in [6, 6.07) is 3.64. The number of nitrogens with zero attached hydrogens (tertiary/aromatic N) is 5. The number of aromatic nitrogens is 4. The molecule has 1 aliphatic heterocycles.